The summed E-state index contributed by atoms with van der Waals surface area (Å²) < 4.78 is 1.61. The van der Waals surface area contributed by atoms with Gasteiger partial charge in [-0.1, -0.05) is 6.07 Å². The number of aryl methyl sites for hydroxylation is 1. The number of likely N-dealkylation sites (tertiary alicyclic amines) is 1. The first-order valence-corrected chi connectivity index (χ1v) is 7.57. The minimum absolute atomic E-state index is 0.00413. The smallest absolute Gasteiger partial charge is 0.258 e. The number of piperidine rings is 1. The van der Waals surface area contributed by atoms with Gasteiger partial charge in [-0.25, -0.2) is 4.98 Å². The molecule has 5 heteroatoms. The Bertz CT molecular complexity index is 686. The second kappa shape index (κ2) is 5.95. The van der Waals surface area contributed by atoms with E-state index in [4.69, 9.17) is 5.73 Å². The predicted molar refractivity (Wildman–Crippen MR) is 83.3 cm³/mol. The summed E-state index contributed by atoms with van der Waals surface area (Å²) >= 11 is 0. The third kappa shape index (κ3) is 3.14. The summed E-state index contributed by atoms with van der Waals surface area (Å²) in [5.41, 5.74) is 8.35. The van der Waals surface area contributed by atoms with E-state index in [2.05, 4.69) is 9.88 Å². The maximum Gasteiger partial charge on any atom is 0.258 e. The van der Waals surface area contributed by atoms with Gasteiger partial charge in [0.2, 0.25) is 0 Å². The second-order valence-corrected chi connectivity index (χ2v) is 5.98. The largest absolute Gasteiger partial charge is 0.330 e. The summed E-state index contributed by atoms with van der Waals surface area (Å²) in [4.78, 5) is 19.1. The normalized spacial score (nSPS) is 17.4. The highest BCUT2D eigenvalue weighted by molar-refractivity contribution is 5.39. The molecule has 1 aliphatic heterocycles. The number of aromatic nitrogens is 2. The van der Waals surface area contributed by atoms with Crippen LogP contribution in [0, 0.1) is 12.8 Å². The van der Waals surface area contributed by atoms with Crippen molar-refractivity contribution < 1.29 is 0 Å². The molecule has 1 aliphatic rings. The van der Waals surface area contributed by atoms with Crippen LogP contribution in [0.4, 0.5) is 0 Å². The minimum atomic E-state index is -0.00413. The van der Waals surface area contributed by atoms with Crippen molar-refractivity contribution in [1.82, 2.24) is 14.3 Å². The Labute approximate surface area is 124 Å². The summed E-state index contributed by atoms with van der Waals surface area (Å²) in [6.45, 7) is 5.58. The summed E-state index contributed by atoms with van der Waals surface area (Å²) in [6.07, 6.45) is 4.12. The molecule has 1 saturated heterocycles. The molecule has 0 radical (unpaired) electrons. The van der Waals surface area contributed by atoms with Crippen molar-refractivity contribution in [2.24, 2.45) is 11.7 Å². The first-order chi connectivity index (χ1) is 10.2. The number of hydrogen-bond donors (Lipinski definition) is 1. The first kappa shape index (κ1) is 14.2. The van der Waals surface area contributed by atoms with Gasteiger partial charge in [-0.2, -0.15) is 0 Å². The van der Waals surface area contributed by atoms with Crippen LogP contribution in [-0.2, 0) is 6.54 Å². The molecule has 0 bridgehead atoms. The van der Waals surface area contributed by atoms with Gasteiger partial charge in [0.1, 0.15) is 5.65 Å². The van der Waals surface area contributed by atoms with Gasteiger partial charge in [0.05, 0.1) is 5.69 Å². The molecule has 5 nitrogen and oxygen atoms in total. The Morgan fingerprint density at radius 3 is 2.81 bits per heavy atom. The molecular weight excluding hydrogens is 264 g/mol. The van der Waals surface area contributed by atoms with Crippen molar-refractivity contribution in [1.29, 1.82) is 0 Å². The summed E-state index contributed by atoms with van der Waals surface area (Å²) in [5.74, 6) is 0.652. The van der Waals surface area contributed by atoms with Crippen molar-refractivity contribution in [3.63, 3.8) is 0 Å². The topological polar surface area (TPSA) is 63.6 Å². The molecule has 0 spiro atoms. The Morgan fingerprint density at radius 1 is 1.33 bits per heavy atom. The average Bonchev–Trinajstić information content (AvgIpc) is 2.49. The molecule has 0 unspecified atom stereocenters. The Kier molecular flexibility index (Phi) is 4.03. The van der Waals surface area contributed by atoms with E-state index >= 15 is 0 Å². The van der Waals surface area contributed by atoms with Gasteiger partial charge >= 0.3 is 0 Å². The van der Waals surface area contributed by atoms with Gasteiger partial charge in [-0.3, -0.25) is 14.1 Å². The Hall–Kier alpha value is -1.72. The molecule has 1 fully saturated rings. The number of rotatable bonds is 3. The molecule has 0 aromatic carbocycles. The molecule has 0 atom stereocenters. The molecule has 21 heavy (non-hydrogen) atoms. The fraction of sp³-hybridized carbons (Fsp3) is 0.500. The molecule has 0 saturated carbocycles. The van der Waals surface area contributed by atoms with Crippen LogP contribution in [-0.4, -0.2) is 33.9 Å². The van der Waals surface area contributed by atoms with Crippen molar-refractivity contribution in [3.05, 3.63) is 46.0 Å². The predicted octanol–water partition coefficient (Wildman–Crippen LogP) is 1.17. The maximum atomic E-state index is 12.2. The first-order valence-electron chi connectivity index (χ1n) is 7.57. The lowest BCUT2D eigenvalue weighted by atomic mass is 9.97. The van der Waals surface area contributed by atoms with E-state index in [0.717, 1.165) is 55.9 Å². The van der Waals surface area contributed by atoms with E-state index in [-0.39, 0.29) is 5.56 Å². The molecule has 3 rings (SSSR count). The van der Waals surface area contributed by atoms with E-state index in [1.165, 1.54) is 0 Å². The molecule has 2 aromatic heterocycles. The van der Waals surface area contributed by atoms with Gasteiger partial charge in [0.15, 0.2) is 0 Å². The van der Waals surface area contributed by atoms with Crippen LogP contribution in [0.2, 0.25) is 0 Å². The highest BCUT2D eigenvalue weighted by Crippen LogP contribution is 2.17. The van der Waals surface area contributed by atoms with Crippen LogP contribution >= 0.6 is 0 Å². The van der Waals surface area contributed by atoms with Gasteiger partial charge in [-0.15, -0.1) is 0 Å². The number of hydrogen-bond acceptors (Lipinski definition) is 4. The van der Waals surface area contributed by atoms with E-state index in [1.807, 2.05) is 25.3 Å². The third-order valence-corrected chi connectivity index (χ3v) is 4.29. The van der Waals surface area contributed by atoms with Crippen molar-refractivity contribution >= 4 is 5.65 Å². The zero-order chi connectivity index (χ0) is 14.8. The standard InChI is InChI=1S/C16H22N4O/c1-12-2-3-15-18-14(8-16(21)20(15)10-12)11-19-6-4-13(9-17)5-7-19/h2-3,8,10,13H,4-7,9,11,17H2,1H3. The lowest BCUT2D eigenvalue weighted by Gasteiger charge is -2.30. The van der Waals surface area contributed by atoms with Crippen LogP contribution in [0.5, 0.6) is 0 Å². The fourth-order valence-electron chi connectivity index (χ4n) is 2.95. The molecule has 3 heterocycles. The van der Waals surface area contributed by atoms with Crippen LogP contribution in [0.3, 0.4) is 0 Å². The SMILES string of the molecule is Cc1ccc2nc(CN3CCC(CN)CC3)cc(=O)n2c1. The van der Waals surface area contributed by atoms with Crippen LogP contribution in [0.25, 0.3) is 5.65 Å². The van der Waals surface area contributed by atoms with E-state index in [0.29, 0.717) is 5.92 Å². The number of fused-ring (bicyclic) bond motifs is 1. The number of pyridine rings is 1. The average molecular weight is 286 g/mol. The minimum Gasteiger partial charge on any atom is -0.330 e. The van der Waals surface area contributed by atoms with Gasteiger partial charge in [0, 0.05) is 18.8 Å². The molecule has 0 aliphatic carbocycles. The van der Waals surface area contributed by atoms with E-state index in [9.17, 15) is 4.79 Å². The van der Waals surface area contributed by atoms with Crippen molar-refractivity contribution in [2.75, 3.05) is 19.6 Å². The van der Waals surface area contributed by atoms with Crippen molar-refractivity contribution in [2.45, 2.75) is 26.3 Å². The maximum absolute atomic E-state index is 12.2. The lowest BCUT2D eigenvalue weighted by molar-refractivity contribution is 0.179. The lowest BCUT2D eigenvalue weighted by Crippen LogP contribution is -2.36. The zero-order valence-corrected chi connectivity index (χ0v) is 12.5. The summed E-state index contributed by atoms with van der Waals surface area (Å²) in [6, 6.07) is 5.54. The van der Waals surface area contributed by atoms with Crippen molar-refractivity contribution in [3.8, 4) is 0 Å². The van der Waals surface area contributed by atoms with Gasteiger partial charge in [0.25, 0.3) is 5.56 Å². The highest BCUT2D eigenvalue weighted by Gasteiger charge is 2.18. The molecular formula is C16H22N4O. The Balaban J connectivity index is 1.79. The summed E-state index contributed by atoms with van der Waals surface area (Å²) in [5, 5.41) is 0. The molecule has 112 valence electrons. The van der Waals surface area contributed by atoms with E-state index < -0.39 is 0 Å². The summed E-state index contributed by atoms with van der Waals surface area (Å²) in [7, 11) is 0. The number of nitrogens with two attached hydrogens (primary N) is 1. The molecule has 2 aromatic rings. The van der Waals surface area contributed by atoms with Crippen LogP contribution in [0.15, 0.2) is 29.2 Å². The molecule has 0 amide bonds. The quantitative estimate of drug-likeness (QED) is 0.920. The zero-order valence-electron chi connectivity index (χ0n) is 12.5. The Morgan fingerprint density at radius 2 is 2.10 bits per heavy atom. The van der Waals surface area contributed by atoms with Gasteiger partial charge < -0.3 is 5.73 Å². The van der Waals surface area contributed by atoms with Crippen LogP contribution < -0.4 is 11.3 Å². The van der Waals surface area contributed by atoms with E-state index in [1.54, 1.807) is 10.5 Å². The molecule has 2 N–H and O–H groups in total. The monoisotopic (exact) mass is 286 g/mol. The fourth-order valence-corrected chi connectivity index (χ4v) is 2.95. The van der Waals surface area contributed by atoms with Gasteiger partial charge in [-0.05, 0) is 56.9 Å². The third-order valence-electron chi connectivity index (χ3n) is 4.29. The second-order valence-electron chi connectivity index (χ2n) is 5.98. The highest BCUT2D eigenvalue weighted by atomic mass is 16.1. The number of nitrogens with zero attached hydrogens (tertiary/aromatic N) is 3. The van der Waals surface area contributed by atoms with Crippen LogP contribution in [0.1, 0.15) is 24.1 Å².